The molecule has 2 aliphatic heterocycles. The number of carbonyl (C=O) groups excluding carboxylic acids is 1. The standard InChI is InChI=1S/C31H29F3N4O7/c32-21-12-17(13-22(33)26(21)34)23-14-38(37-36-23)27-28(40)24(15-39)45-31(29(27)41)20(9-10-43-31)25(30(35)42)16-5-4-8-19(11-16)44-18-6-2-1-3-7-18/h1-8,11-14,20,24-25,27-29,39-41H,9-10,15H2,(H2,35,42)/t20-,24-,25?,27+,28+,29-,31+/m1/s1. The molecule has 3 heterocycles. The lowest BCUT2D eigenvalue weighted by molar-refractivity contribution is -0.354. The number of carbonyl (C=O) groups is 1. The largest absolute Gasteiger partial charge is 0.457 e. The Morgan fingerprint density at radius 3 is 2.47 bits per heavy atom. The summed E-state index contributed by atoms with van der Waals surface area (Å²) in [6, 6.07) is 15.8. The van der Waals surface area contributed by atoms with Crippen LogP contribution in [-0.4, -0.2) is 73.5 Å². The minimum atomic E-state index is -1.96. The number of rotatable bonds is 8. The van der Waals surface area contributed by atoms with E-state index >= 15 is 0 Å². The molecule has 0 saturated carbocycles. The van der Waals surface area contributed by atoms with E-state index in [1.807, 2.05) is 18.2 Å². The average Bonchev–Trinajstić information content (AvgIpc) is 3.67. The first-order chi connectivity index (χ1) is 21.6. The van der Waals surface area contributed by atoms with E-state index in [2.05, 4.69) is 10.3 Å². The van der Waals surface area contributed by atoms with Gasteiger partial charge in [0.15, 0.2) is 17.5 Å². The predicted molar refractivity (Wildman–Crippen MR) is 150 cm³/mol. The third kappa shape index (κ3) is 5.55. The van der Waals surface area contributed by atoms with Crippen LogP contribution in [0.3, 0.4) is 0 Å². The summed E-state index contributed by atoms with van der Waals surface area (Å²) in [7, 11) is 0. The van der Waals surface area contributed by atoms with Crippen molar-refractivity contribution in [3.05, 3.63) is 95.9 Å². The molecule has 3 aromatic carbocycles. The van der Waals surface area contributed by atoms with Gasteiger partial charge in [0.1, 0.15) is 41.5 Å². The first-order valence-electron chi connectivity index (χ1n) is 14.1. The highest BCUT2D eigenvalue weighted by molar-refractivity contribution is 5.82. The van der Waals surface area contributed by atoms with E-state index in [0.29, 0.717) is 17.1 Å². The summed E-state index contributed by atoms with van der Waals surface area (Å²) >= 11 is 0. The lowest BCUT2D eigenvalue weighted by Crippen LogP contribution is -2.66. The maximum absolute atomic E-state index is 13.9. The molecule has 5 N–H and O–H groups in total. The number of halogens is 3. The lowest BCUT2D eigenvalue weighted by atomic mass is 9.74. The molecule has 11 nitrogen and oxygen atoms in total. The van der Waals surface area contributed by atoms with Gasteiger partial charge in [0.05, 0.1) is 25.3 Å². The Morgan fingerprint density at radius 1 is 1.07 bits per heavy atom. The van der Waals surface area contributed by atoms with Gasteiger partial charge in [0, 0.05) is 11.5 Å². The summed E-state index contributed by atoms with van der Waals surface area (Å²) in [5.74, 6) is -8.24. The topological polar surface area (TPSA) is 162 Å². The molecule has 2 saturated heterocycles. The Hall–Kier alpha value is -4.34. The van der Waals surface area contributed by atoms with E-state index in [1.165, 1.54) is 6.20 Å². The molecule has 236 valence electrons. The summed E-state index contributed by atoms with van der Waals surface area (Å²) in [5, 5.41) is 41.0. The third-order valence-electron chi connectivity index (χ3n) is 8.26. The van der Waals surface area contributed by atoms with Crippen LogP contribution in [0.5, 0.6) is 11.5 Å². The molecular formula is C31H29F3N4O7. The van der Waals surface area contributed by atoms with Crippen molar-refractivity contribution in [1.29, 1.82) is 0 Å². The van der Waals surface area contributed by atoms with Crippen LogP contribution in [0.25, 0.3) is 11.3 Å². The molecule has 1 unspecified atom stereocenters. The average molecular weight is 627 g/mol. The number of nitrogens with zero attached hydrogens (tertiary/aromatic N) is 3. The number of hydrogen-bond donors (Lipinski definition) is 4. The highest BCUT2D eigenvalue weighted by Crippen LogP contribution is 2.51. The first kappa shape index (κ1) is 30.7. The van der Waals surface area contributed by atoms with Gasteiger partial charge in [-0.1, -0.05) is 35.5 Å². The minimum absolute atomic E-state index is 0.0312. The number of hydrogen-bond acceptors (Lipinski definition) is 9. The van der Waals surface area contributed by atoms with Crippen LogP contribution in [0, 0.1) is 23.4 Å². The van der Waals surface area contributed by atoms with Crippen LogP contribution in [0.15, 0.2) is 72.9 Å². The zero-order valence-electron chi connectivity index (χ0n) is 23.5. The number of ether oxygens (including phenoxy) is 3. The summed E-state index contributed by atoms with van der Waals surface area (Å²) in [5.41, 5.74) is 6.15. The maximum Gasteiger partial charge on any atom is 0.225 e. The molecule has 0 radical (unpaired) electrons. The molecule has 1 spiro atoms. The van der Waals surface area contributed by atoms with Gasteiger partial charge in [-0.2, -0.15) is 0 Å². The Morgan fingerprint density at radius 2 is 1.78 bits per heavy atom. The second-order valence-electron chi connectivity index (χ2n) is 10.9. The minimum Gasteiger partial charge on any atom is -0.457 e. The lowest BCUT2D eigenvalue weighted by Gasteiger charge is -2.50. The Kier molecular flexibility index (Phi) is 8.33. The summed E-state index contributed by atoms with van der Waals surface area (Å²) in [4.78, 5) is 13.1. The predicted octanol–water partition coefficient (Wildman–Crippen LogP) is 2.81. The summed E-state index contributed by atoms with van der Waals surface area (Å²) in [6.07, 6.45) is -3.23. The van der Waals surface area contributed by atoms with E-state index in [4.69, 9.17) is 19.9 Å². The van der Waals surface area contributed by atoms with Crippen molar-refractivity contribution >= 4 is 5.91 Å². The smallest absolute Gasteiger partial charge is 0.225 e. The van der Waals surface area contributed by atoms with Crippen LogP contribution >= 0.6 is 0 Å². The number of aliphatic hydroxyl groups excluding tert-OH is 3. The number of aromatic nitrogens is 3. The van der Waals surface area contributed by atoms with Crippen molar-refractivity contribution in [3.8, 4) is 22.8 Å². The van der Waals surface area contributed by atoms with Gasteiger partial charge in [-0.25, -0.2) is 17.9 Å². The van der Waals surface area contributed by atoms with Gasteiger partial charge in [0.25, 0.3) is 0 Å². The number of benzene rings is 3. The maximum atomic E-state index is 13.9. The molecule has 6 rings (SSSR count). The number of nitrogens with two attached hydrogens (primary N) is 1. The molecule has 7 atom stereocenters. The molecule has 2 aliphatic rings. The van der Waals surface area contributed by atoms with E-state index in [1.54, 1.807) is 36.4 Å². The monoisotopic (exact) mass is 626 g/mol. The van der Waals surface area contributed by atoms with Gasteiger partial charge < -0.3 is 35.3 Å². The van der Waals surface area contributed by atoms with Crippen molar-refractivity contribution in [3.63, 3.8) is 0 Å². The van der Waals surface area contributed by atoms with Crippen LogP contribution in [0.1, 0.15) is 23.9 Å². The molecule has 2 fully saturated rings. The number of primary amides is 1. The summed E-state index contributed by atoms with van der Waals surface area (Å²) in [6.45, 7) is -0.677. The summed E-state index contributed by atoms with van der Waals surface area (Å²) < 4.78 is 60.4. The molecule has 1 aromatic heterocycles. The highest BCUT2D eigenvalue weighted by Gasteiger charge is 2.63. The number of amides is 1. The van der Waals surface area contributed by atoms with Crippen LogP contribution in [0.4, 0.5) is 13.2 Å². The number of aliphatic hydroxyl groups is 3. The van der Waals surface area contributed by atoms with Gasteiger partial charge in [-0.05, 0) is 48.4 Å². The first-order valence-corrected chi connectivity index (χ1v) is 14.1. The normalized spacial score (nSPS) is 27.0. The fourth-order valence-corrected chi connectivity index (χ4v) is 6.19. The van der Waals surface area contributed by atoms with Crippen molar-refractivity contribution < 1.29 is 47.5 Å². The van der Waals surface area contributed by atoms with Gasteiger partial charge in [-0.15, -0.1) is 5.10 Å². The molecular weight excluding hydrogens is 597 g/mol. The molecule has 4 aromatic rings. The quantitative estimate of drug-likeness (QED) is 0.216. The van der Waals surface area contributed by atoms with Crippen LogP contribution in [0.2, 0.25) is 0 Å². The molecule has 45 heavy (non-hydrogen) atoms. The van der Waals surface area contributed by atoms with Crippen LogP contribution < -0.4 is 10.5 Å². The molecule has 0 bridgehead atoms. The van der Waals surface area contributed by atoms with Gasteiger partial charge >= 0.3 is 0 Å². The fourth-order valence-electron chi connectivity index (χ4n) is 6.19. The zero-order valence-corrected chi connectivity index (χ0v) is 23.5. The van der Waals surface area contributed by atoms with Crippen molar-refractivity contribution in [2.75, 3.05) is 13.2 Å². The van der Waals surface area contributed by atoms with Crippen molar-refractivity contribution in [1.82, 2.24) is 15.0 Å². The molecule has 14 heteroatoms. The zero-order chi connectivity index (χ0) is 31.9. The van der Waals surface area contributed by atoms with E-state index in [0.717, 1.165) is 16.8 Å². The fraction of sp³-hybridized carbons (Fsp3) is 0.323. The van der Waals surface area contributed by atoms with Gasteiger partial charge in [-0.3, -0.25) is 4.79 Å². The van der Waals surface area contributed by atoms with Crippen molar-refractivity contribution in [2.45, 2.75) is 42.5 Å². The Balaban J connectivity index is 1.36. The Labute approximate surface area is 254 Å². The van der Waals surface area contributed by atoms with E-state index < -0.39 is 71.9 Å². The SMILES string of the molecule is NC(=O)C(c1cccc(Oc2ccccc2)c1)[C@H]1CCO[C@]12O[C@H](CO)[C@H](O)[C@H](n1cc(-c3cc(F)c(F)c(F)c3)nn1)[C@H]2O. The third-order valence-corrected chi connectivity index (χ3v) is 8.26. The molecule has 1 amide bonds. The highest BCUT2D eigenvalue weighted by atomic mass is 19.2. The second kappa shape index (κ2) is 12.2. The van der Waals surface area contributed by atoms with Crippen molar-refractivity contribution in [2.24, 2.45) is 11.7 Å². The number of para-hydroxylation sites is 1. The molecule has 0 aliphatic carbocycles. The van der Waals surface area contributed by atoms with E-state index in [9.17, 15) is 33.3 Å². The van der Waals surface area contributed by atoms with Gasteiger partial charge in [0.2, 0.25) is 11.7 Å². The van der Waals surface area contributed by atoms with Crippen LogP contribution in [-0.2, 0) is 14.3 Å². The Bertz CT molecular complexity index is 1670. The van der Waals surface area contributed by atoms with E-state index in [-0.39, 0.29) is 24.3 Å². The second-order valence-corrected chi connectivity index (χ2v) is 10.9.